The van der Waals surface area contributed by atoms with Crippen LogP contribution in [0.25, 0.3) is 1.43 Å². The maximum absolute atomic E-state index is 12.1. The number of hydrazine groups is 1. The normalized spacial score (nSPS) is 27.5. The number of ether oxygens (including phenoxy) is 4. The second-order valence-electron chi connectivity index (χ2n) is 19.5. The van der Waals surface area contributed by atoms with Crippen LogP contribution in [0.15, 0.2) is 144 Å². The van der Waals surface area contributed by atoms with Gasteiger partial charge in [-0.1, -0.05) is 144 Å². The van der Waals surface area contributed by atoms with E-state index in [1.165, 1.54) is 51.7 Å². The number of Topliss-reactive ketones (excluding diaryl/α,β-unsaturated/α-hetero) is 3. The number of amides is 1. The van der Waals surface area contributed by atoms with Gasteiger partial charge < -0.3 is 64.8 Å². The molecular weight excluding hydrogens is 1320 g/mol. The van der Waals surface area contributed by atoms with Crippen molar-refractivity contribution in [3.8, 4) is 5.75 Å². The summed E-state index contributed by atoms with van der Waals surface area (Å²) in [5.41, 5.74) is 10.1. The van der Waals surface area contributed by atoms with Gasteiger partial charge in [-0.25, -0.2) is 5.84 Å². The summed E-state index contributed by atoms with van der Waals surface area (Å²) < 4.78 is 288. The number of methoxy groups -OCH3 is 3. The number of hydrogen-bond acceptors (Lipinski definition) is 21. The molecular formula is C74H112N5NaO21. The molecule has 1 aromatic heterocycles. The van der Waals surface area contributed by atoms with Crippen molar-refractivity contribution in [2.24, 2.45) is 29.3 Å². The van der Waals surface area contributed by atoms with Crippen LogP contribution in [0.1, 0.15) is 215 Å². The molecule has 2 unspecified atom stereocenters. The van der Waals surface area contributed by atoms with E-state index in [0.717, 1.165) is 57.6 Å². The number of carbonyl (C=O) groups excluding carboxylic acids is 4. The average molecular weight is 1470 g/mol. The third-order valence-electron chi connectivity index (χ3n) is 12.1. The van der Waals surface area contributed by atoms with E-state index in [9.17, 15) is 43.2 Å². The second-order valence-corrected chi connectivity index (χ2v) is 19.5. The van der Waals surface area contributed by atoms with Gasteiger partial charge in [0.2, 0.25) is 7.34 Å². The summed E-state index contributed by atoms with van der Waals surface area (Å²) in [5.74, 6) is -11.4. The van der Waals surface area contributed by atoms with Gasteiger partial charge in [0.25, 0.3) is 7.40 Å². The molecule has 10 rings (SSSR count). The van der Waals surface area contributed by atoms with Crippen LogP contribution >= 0.6 is 0 Å². The van der Waals surface area contributed by atoms with Crippen molar-refractivity contribution in [2.75, 3.05) is 35.5 Å². The second kappa shape index (κ2) is 61.1. The number of carboxylic acid groups (broad SMARTS) is 5. The third kappa shape index (κ3) is 50.4. The maximum atomic E-state index is 12.1. The minimum absolute atomic E-state index is 0. The Balaban J connectivity index is -0.000000729. The third-order valence-corrected chi connectivity index (χ3v) is 12.1. The molecule has 5 fully saturated rings. The number of hydrogen-bond donors (Lipinski definition) is 9. The van der Waals surface area contributed by atoms with E-state index in [1.54, 1.807) is 7.11 Å². The maximum Gasteiger partial charge on any atom is 1.00 e. The van der Waals surface area contributed by atoms with Crippen LogP contribution in [0.4, 0.5) is 0 Å². The summed E-state index contributed by atoms with van der Waals surface area (Å²) in [7, 11) is 5.70. The molecule has 27 heteroatoms. The fourth-order valence-corrected chi connectivity index (χ4v) is 7.72. The number of aliphatic carboxylic acids is 5. The molecule has 0 spiro atoms. The summed E-state index contributed by atoms with van der Waals surface area (Å²) in [6.45, 7) is -8.07. The smallest absolute Gasteiger partial charge is 0.857 e. The van der Waals surface area contributed by atoms with Crippen LogP contribution in [0.5, 0.6) is 5.75 Å². The van der Waals surface area contributed by atoms with Gasteiger partial charge in [-0.2, -0.15) is 7.11 Å². The number of nitrogens with two attached hydrogens (primary N) is 2. The van der Waals surface area contributed by atoms with E-state index in [2.05, 4.69) is 69.9 Å². The van der Waals surface area contributed by atoms with E-state index in [0.29, 0.717) is 37.3 Å². The Morgan fingerprint density at radius 1 is 0.693 bits per heavy atom. The predicted octanol–water partition coefficient (Wildman–Crippen LogP) is 6.70. The van der Waals surface area contributed by atoms with Crippen molar-refractivity contribution in [2.45, 2.75) is 188 Å². The number of benzene rings is 4. The Bertz CT molecular complexity index is 4580. The number of furan rings is 1. The molecule has 5 aromatic rings. The summed E-state index contributed by atoms with van der Waals surface area (Å²) >= 11 is 0. The number of nitrogens with one attached hydrogen (secondary N) is 1. The van der Waals surface area contributed by atoms with Crippen molar-refractivity contribution in [3.63, 3.8) is 0 Å². The molecule has 5 aliphatic heterocycles. The van der Waals surface area contributed by atoms with E-state index in [1.807, 2.05) is 66.4 Å². The fraction of sp³-hybridized carbons (Fsp3) is 0.500. The molecule has 1 amide bonds. The number of carboxylic acids is 5. The van der Waals surface area contributed by atoms with E-state index < -0.39 is 204 Å². The van der Waals surface area contributed by atoms with Crippen LogP contribution in [-0.4, -0.2) is 167 Å². The van der Waals surface area contributed by atoms with Gasteiger partial charge in [0.05, 0.1) is 49.6 Å². The molecule has 11 N–H and O–H groups in total. The summed E-state index contributed by atoms with van der Waals surface area (Å²) in [6.07, 6.45) is -11.7. The quantitative estimate of drug-likeness (QED) is 0.0139. The molecule has 0 radical (unpaired) electrons. The Kier molecular flexibility index (Phi) is 29.7. The van der Waals surface area contributed by atoms with Crippen LogP contribution in [0.2, 0.25) is 0 Å². The number of carbonyl (C=O) groups is 9. The zero-order valence-electron chi connectivity index (χ0n) is 95.2. The zero-order valence-corrected chi connectivity index (χ0v) is 59.2. The number of rotatable bonds is 14. The molecule has 0 aliphatic carbocycles. The first kappa shape index (κ1) is 49.2. The van der Waals surface area contributed by atoms with Crippen molar-refractivity contribution in [1.29, 1.82) is 2.86 Å². The van der Waals surface area contributed by atoms with Gasteiger partial charge in [-0.05, 0) is 73.5 Å². The minimum Gasteiger partial charge on any atom is -0.857 e. The van der Waals surface area contributed by atoms with Crippen molar-refractivity contribution >= 4 is 53.1 Å². The number of aliphatic hydroxyl groups is 1. The van der Waals surface area contributed by atoms with Gasteiger partial charge in [0.15, 0.2) is 18.3 Å². The van der Waals surface area contributed by atoms with E-state index in [-0.39, 0.29) is 47.7 Å². The summed E-state index contributed by atoms with van der Waals surface area (Å²) in [5, 5.41) is 48.3. The van der Waals surface area contributed by atoms with Gasteiger partial charge in [-0.15, -0.1) is 0 Å². The minimum atomic E-state index is -3.46. The molecule has 5 aliphatic rings. The number of fused-ring (bicyclic) bond motifs is 4. The Hall–Kier alpha value is -7.57. The molecule has 5 saturated heterocycles. The Morgan fingerprint density at radius 3 is 1.40 bits per heavy atom. The molecule has 560 valence electrons. The van der Waals surface area contributed by atoms with Crippen molar-refractivity contribution in [1.82, 2.24) is 15.2 Å². The monoisotopic (exact) mass is 1470 g/mol. The number of ketones is 3. The van der Waals surface area contributed by atoms with E-state index >= 15 is 0 Å². The van der Waals surface area contributed by atoms with Gasteiger partial charge in [0.1, 0.15) is 26.5 Å². The molecule has 4 aromatic carbocycles. The van der Waals surface area contributed by atoms with Crippen molar-refractivity contribution < 1.29 is 181 Å². The molecule has 6 heterocycles. The number of piperidine rings is 2. The van der Waals surface area contributed by atoms with Crippen LogP contribution in [0.3, 0.4) is 0 Å². The molecule has 4 bridgehead atoms. The zero-order chi connectivity index (χ0) is 109. The van der Waals surface area contributed by atoms with E-state index in [4.69, 9.17) is 88.2 Å². The number of nitrogens with zero attached hydrogens (tertiary/aromatic N) is 2. The SMILES string of the molecule is COc1ccc([C@H](C)N)cc1.C[O-].O=C1C[C@H]2CC[C@@H](C1)N2Cc1ccccc1.[2H]C(C)(C)C(=O)O.[2H]C([2H])([2H])C(=O)NN.[2H]C([2H])([2H])C(C(=O)O)C([2H])([2H])[2H].[2H]C([2H])([2H])C([2H])(C(=O)O)C([2H])([2H])[2H].[2H]C1(OC)OC([2H])(OC)C([2H])([2H])C1([2H])[2H].[2H]C1([2H])C(=O)C([2H])([2H])[C@H]2CC[C@@H]1N2Cc1ccccc1.[2H]OC.[2H]OC(C)=O.[2H]c1c([2H])c([2H])c(C(=O)CC(=O)O)c([2H])c1[2H].[2H]c1oc([2H])c([2H])c1[2H].[Na+]. The Morgan fingerprint density at radius 2 is 1.12 bits per heavy atom. The fourth-order valence-electron chi connectivity index (χ4n) is 7.72. The predicted molar refractivity (Wildman–Crippen MR) is 378 cm³/mol. The first-order valence-corrected chi connectivity index (χ1v) is 29.0. The molecule has 26 nitrogen and oxygen atoms in total. The largest absolute Gasteiger partial charge is 1.00 e. The van der Waals surface area contributed by atoms with Gasteiger partial charge in [-0.3, -0.25) is 58.4 Å². The Labute approximate surface area is 671 Å². The summed E-state index contributed by atoms with van der Waals surface area (Å²) in [4.78, 5) is 99.7. The van der Waals surface area contributed by atoms with Crippen LogP contribution in [0, 0.1) is 17.7 Å². The van der Waals surface area contributed by atoms with Crippen molar-refractivity contribution in [3.05, 3.63) is 162 Å². The number of aliphatic hydroxyl groups excluding tert-OH is 1. The molecule has 7 atom stereocenters. The average Bonchev–Trinajstić information content (AvgIpc) is 1.55. The summed E-state index contributed by atoms with van der Waals surface area (Å²) in [6, 6.07) is 24.2. The van der Waals surface area contributed by atoms with Gasteiger partial charge in [0, 0.05) is 157 Å². The molecule has 101 heavy (non-hydrogen) atoms. The van der Waals surface area contributed by atoms with Crippen LogP contribution < -0.4 is 56.4 Å². The van der Waals surface area contributed by atoms with Gasteiger partial charge >= 0.3 is 53.4 Å². The standard InChI is InChI=1S/2C14H17NO.C9H13NO.C9H8O3.C6H12O3.3C4H8O2.C4H4O.C2H6N2O.C2H4O2.CH4O.CH3O.Na/c2*16-14-8-12-6-7-13(9-14)15(12)10-11-4-2-1-3-5-11;1-7(10)8-3-5-9(11-2)6-4-8;10-8(6-9(11)12)7-4-2-1-3-5-7;1-7-5-3-4-6(8-2)9-5;3*1-3(2)4(5)6;1-2-4-5-3-1;1-2(5)4-3;1-2(3)4;2*1-2;/h2*1-5,12-13H,6-10H2;3-7H,10H2,1-2H3;1-5H,6H2,(H,11,12);5-6H,3-4H2,1-2H3;3*3H,1-2H3,(H,5,6);1-4H;3H2,1H3,(H,4,5);1H3,(H,3,4);2H,1H3;1H3;/q;;;;;;;;;;;;-1;+1/t2*12-,13+;7-;;;;;;;;;;;/m..0.........../s1/i8D2,9D2;;;1D,2D,3D,4D,5D;3D2,4D2,5D,6D;1D3,2D3,3D;1D3,2D3;3D;1D,2D,3D,4D;1D3;;2D;;/hD. The first-order chi connectivity index (χ1) is 62.5. The topological polar surface area (TPSA) is 419 Å². The first-order valence-electron chi connectivity index (χ1n) is 47.8. The van der Waals surface area contributed by atoms with Crippen LogP contribution in [-0.2, 0) is 65.7 Å². The molecule has 0 saturated carbocycles.